The van der Waals surface area contributed by atoms with Crippen LogP contribution in [0.15, 0.2) is 21.9 Å². The maximum absolute atomic E-state index is 12.3. The lowest BCUT2D eigenvalue weighted by atomic mass is 9.95. The van der Waals surface area contributed by atoms with Gasteiger partial charge in [0.2, 0.25) is 11.8 Å². The molecule has 21 heavy (non-hydrogen) atoms. The summed E-state index contributed by atoms with van der Waals surface area (Å²) in [7, 11) is 0. The molecule has 0 radical (unpaired) electrons. The Labute approximate surface area is 126 Å². The number of aryl methyl sites for hydroxylation is 1. The van der Waals surface area contributed by atoms with Crippen LogP contribution in [-0.4, -0.2) is 50.0 Å². The molecule has 0 saturated carbocycles. The SMILES string of the molecule is Cc1nnc(SCC(=O)N2CCC[C@@H](c3ccn[nH]3)C2)o1. The maximum Gasteiger partial charge on any atom is 0.277 e. The second kappa shape index (κ2) is 6.30. The Morgan fingerprint density at radius 3 is 3.19 bits per heavy atom. The third-order valence-electron chi connectivity index (χ3n) is 3.56. The number of carbonyl (C=O) groups is 1. The van der Waals surface area contributed by atoms with Crippen LogP contribution in [0.3, 0.4) is 0 Å². The molecule has 0 bridgehead atoms. The first-order valence-corrected chi connectivity index (χ1v) is 7.91. The number of rotatable bonds is 4. The van der Waals surface area contributed by atoms with Crippen molar-refractivity contribution >= 4 is 17.7 Å². The molecule has 2 aromatic heterocycles. The Kier molecular flexibility index (Phi) is 4.23. The van der Waals surface area contributed by atoms with E-state index in [1.807, 2.05) is 11.0 Å². The highest BCUT2D eigenvalue weighted by Crippen LogP contribution is 2.26. The fourth-order valence-electron chi connectivity index (χ4n) is 2.50. The molecule has 1 atom stereocenters. The van der Waals surface area contributed by atoms with Gasteiger partial charge in [-0.25, -0.2) is 0 Å². The predicted molar refractivity (Wildman–Crippen MR) is 76.9 cm³/mol. The van der Waals surface area contributed by atoms with Gasteiger partial charge in [0.1, 0.15) is 0 Å². The summed E-state index contributed by atoms with van der Waals surface area (Å²) in [6.07, 6.45) is 3.85. The zero-order valence-electron chi connectivity index (χ0n) is 11.8. The van der Waals surface area contributed by atoms with Crippen LogP contribution in [0.2, 0.25) is 0 Å². The lowest BCUT2D eigenvalue weighted by molar-refractivity contribution is -0.129. The number of hydrogen-bond donors (Lipinski definition) is 1. The Hall–Kier alpha value is -1.83. The van der Waals surface area contributed by atoms with E-state index in [2.05, 4.69) is 20.4 Å². The zero-order chi connectivity index (χ0) is 14.7. The van der Waals surface area contributed by atoms with E-state index >= 15 is 0 Å². The molecule has 0 unspecified atom stereocenters. The number of amides is 1. The van der Waals surface area contributed by atoms with Gasteiger partial charge in [0.15, 0.2) is 0 Å². The molecule has 0 aromatic carbocycles. The molecule has 8 heteroatoms. The Bertz CT molecular complexity index is 597. The summed E-state index contributed by atoms with van der Waals surface area (Å²) in [6, 6.07) is 1.98. The highest BCUT2D eigenvalue weighted by atomic mass is 32.2. The van der Waals surface area contributed by atoms with Crippen molar-refractivity contribution < 1.29 is 9.21 Å². The van der Waals surface area contributed by atoms with Gasteiger partial charge in [-0.2, -0.15) is 5.10 Å². The first-order chi connectivity index (χ1) is 10.2. The van der Waals surface area contributed by atoms with Gasteiger partial charge in [-0.15, -0.1) is 10.2 Å². The molecule has 1 aliphatic rings. The highest BCUT2D eigenvalue weighted by Gasteiger charge is 2.25. The molecule has 0 spiro atoms. The van der Waals surface area contributed by atoms with Crippen LogP contribution in [0, 0.1) is 6.92 Å². The molecule has 0 aliphatic carbocycles. The lowest BCUT2D eigenvalue weighted by Crippen LogP contribution is -2.40. The van der Waals surface area contributed by atoms with E-state index in [4.69, 9.17) is 4.42 Å². The molecule has 1 N–H and O–H groups in total. The smallest absolute Gasteiger partial charge is 0.277 e. The maximum atomic E-state index is 12.3. The molecule has 1 fully saturated rings. The monoisotopic (exact) mass is 307 g/mol. The molecule has 2 aromatic rings. The molecule has 1 saturated heterocycles. The van der Waals surface area contributed by atoms with Gasteiger partial charge < -0.3 is 9.32 Å². The number of hydrogen-bond acceptors (Lipinski definition) is 6. The number of carbonyl (C=O) groups excluding carboxylic acids is 1. The van der Waals surface area contributed by atoms with Gasteiger partial charge in [-0.05, 0) is 18.9 Å². The van der Waals surface area contributed by atoms with Gasteiger partial charge in [0, 0.05) is 37.8 Å². The minimum absolute atomic E-state index is 0.111. The molecule has 1 aliphatic heterocycles. The van der Waals surface area contributed by atoms with E-state index in [9.17, 15) is 4.79 Å². The fourth-order valence-corrected chi connectivity index (χ4v) is 3.21. The van der Waals surface area contributed by atoms with Crippen LogP contribution in [0.1, 0.15) is 30.3 Å². The molecular formula is C13H17N5O2S. The molecule has 1 amide bonds. The quantitative estimate of drug-likeness (QED) is 0.863. The minimum atomic E-state index is 0.111. The number of likely N-dealkylation sites (tertiary alicyclic amines) is 1. The van der Waals surface area contributed by atoms with E-state index in [0.29, 0.717) is 22.8 Å². The van der Waals surface area contributed by atoms with Gasteiger partial charge >= 0.3 is 0 Å². The second-order valence-electron chi connectivity index (χ2n) is 5.07. The first kappa shape index (κ1) is 14.1. The number of aromatic nitrogens is 4. The number of nitrogens with zero attached hydrogens (tertiary/aromatic N) is 4. The third-order valence-corrected chi connectivity index (χ3v) is 4.37. The second-order valence-corrected chi connectivity index (χ2v) is 5.99. The number of H-pyrrole nitrogens is 1. The van der Waals surface area contributed by atoms with Crippen molar-refractivity contribution in [3.05, 3.63) is 23.8 Å². The molecular weight excluding hydrogens is 290 g/mol. The van der Waals surface area contributed by atoms with Crippen molar-refractivity contribution in [3.8, 4) is 0 Å². The van der Waals surface area contributed by atoms with Crippen molar-refractivity contribution in [2.45, 2.75) is 30.9 Å². The number of nitrogens with one attached hydrogen (secondary N) is 1. The molecule has 3 heterocycles. The molecule has 3 rings (SSSR count). The van der Waals surface area contributed by atoms with Crippen LogP contribution >= 0.6 is 11.8 Å². The van der Waals surface area contributed by atoms with Crippen molar-refractivity contribution in [3.63, 3.8) is 0 Å². The van der Waals surface area contributed by atoms with Crippen molar-refractivity contribution in [2.75, 3.05) is 18.8 Å². The number of thioether (sulfide) groups is 1. The van der Waals surface area contributed by atoms with Crippen LogP contribution in [0.25, 0.3) is 0 Å². The summed E-state index contributed by atoms with van der Waals surface area (Å²) in [5.41, 5.74) is 1.10. The summed E-state index contributed by atoms with van der Waals surface area (Å²) < 4.78 is 5.26. The normalized spacial score (nSPS) is 18.9. The fraction of sp³-hybridized carbons (Fsp3) is 0.538. The van der Waals surface area contributed by atoms with Gasteiger partial charge in [0.25, 0.3) is 5.22 Å². The van der Waals surface area contributed by atoms with Crippen molar-refractivity contribution in [1.29, 1.82) is 0 Å². The minimum Gasteiger partial charge on any atom is -0.416 e. The van der Waals surface area contributed by atoms with Crippen LogP contribution in [-0.2, 0) is 4.79 Å². The van der Waals surface area contributed by atoms with Crippen LogP contribution < -0.4 is 0 Å². The number of aromatic amines is 1. The first-order valence-electron chi connectivity index (χ1n) is 6.92. The standard InChI is InChI=1S/C13H17N5O2S/c1-9-15-17-13(20-9)21-8-12(19)18-6-2-3-10(7-18)11-4-5-14-16-11/h4-5,10H,2-3,6-8H2,1H3,(H,14,16)/t10-/m1/s1. The predicted octanol–water partition coefficient (Wildman–Crippen LogP) is 1.60. The van der Waals surface area contributed by atoms with Crippen molar-refractivity contribution in [2.24, 2.45) is 0 Å². The highest BCUT2D eigenvalue weighted by molar-refractivity contribution is 7.99. The van der Waals surface area contributed by atoms with Crippen molar-refractivity contribution in [1.82, 2.24) is 25.3 Å². The van der Waals surface area contributed by atoms with Crippen LogP contribution in [0.4, 0.5) is 0 Å². The molecule has 7 nitrogen and oxygen atoms in total. The summed E-state index contributed by atoms with van der Waals surface area (Å²) in [6.45, 7) is 3.29. The Morgan fingerprint density at radius 2 is 2.48 bits per heavy atom. The van der Waals surface area contributed by atoms with Gasteiger partial charge in [-0.1, -0.05) is 11.8 Å². The average molecular weight is 307 g/mol. The van der Waals surface area contributed by atoms with E-state index in [0.717, 1.165) is 31.6 Å². The Morgan fingerprint density at radius 1 is 1.57 bits per heavy atom. The average Bonchev–Trinajstić information content (AvgIpc) is 3.16. The summed E-state index contributed by atoms with van der Waals surface area (Å²) in [4.78, 5) is 14.2. The number of piperidine rings is 1. The summed E-state index contributed by atoms with van der Waals surface area (Å²) >= 11 is 1.29. The van der Waals surface area contributed by atoms with Crippen LogP contribution in [0.5, 0.6) is 0 Å². The van der Waals surface area contributed by atoms with Gasteiger partial charge in [-0.3, -0.25) is 9.89 Å². The van der Waals surface area contributed by atoms with E-state index in [1.54, 1.807) is 13.1 Å². The zero-order valence-corrected chi connectivity index (χ0v) is 12.6. The molecule has 112 valence electrons. The lowest BCUT2D eigenvalue weighted by Gasteiger charge is -2.32. The van der Waals surface area contributed by atoms with E-state index in [-0.39, 0.29) is 5.91 Å². The largest absolute Gasteiger partial charge is 0.416 e. The van der Waals surface area contributed by atoms with E-state index < -0.39 is 0 Å². The van der Waals surface area contributed by atoms with Gasteiger partial charge in [0.05, 0.1) is 5.75 Å². The third kappa shape index (κ3) is 3.44. The summed E-state index contributed by atoms with van der Waals surface area (Å²) in [5, 5.41) is 15.1. The van der Waals surface area contributed by atoms with E-state index in [1.165, 1.54) is 11.8 Å². The summed E-state index contributed by atoms with van der Waals surface area (Å²) in [5.74, 6) is 1.31. The topological polar surface area (TPSA) is 87.9 Å². The Balaban J connectivity index is 1.54.